The van der Waals surface area contributed by atoms with Gasteiger partial charge in [0.2, 0.25) is 0 Å². The monoisotopic (exact) mass is 397 g/mol. The van der Waals surface area contributed by atoms with Crippen LogP contribution in [0.2, 0.25) is 0 Å². The van der Waals surface area contributed by atoms with E-state index < -0.39 is 0 Å². The normalized spacial score (nSPS) is 11.6. The number of nitrogens with zero attached hydrogens (tertiary/aromatic N) is 5. The SMILES string of the molecule is CCNC(=NCc1c(CC)noc1CC)NCCc1noc(-c2ccccn2)n1. The topological polar surface area (TPSA) is 114 Å². The second kappa shape index (κ2) is 10.4. The predicted octanol–water partition coefficient (Wildman–Crippen LogP) is 2.54. The van der Waals surface area contributed by atoms with Gasteiger partial charge < -0.3 is 19.7 Å². The van der Waals surface area contributed by atoms with Gasteiger partial charge in [-0.05, 0) is 25.5 Å². The van der Waals surface area contributed by atoms with Crippen molar-refractivity contribution in [3.8, 4) is 11.6 Å². The number of rotatable bonds is 9. The molecule has 9 heteroatoms. The zero-order valence-corrected chi connectivity index (χ0v) is 17.1. The van der Waals surface area contributed by atoms with Crippen LogP contribution in [-0.2, 0) is 25.8 Å². The second-order valence-electron chi connectivity index (χ2n) is 6.34. The molecular formula is C20H27N7O2. The highest BCUT2D eigenvalue weighted by Gasteiger charge is 2.13. The molecule has 9 nitrogen and oxygen atoms in total. The molecule has 0 aromatic carbocycles. The Kier molecular flexibility index (Phi) is 7.32. The number of nitrogens with one attached hydrogen (secondary N) is 2. The summed E-state index contributed by atoms with van der Waals surface area (Å²) in [7, 11) is 0. The van der Waals surface area contributed by atoms with Crippen LogP contribution in [-0.4, -0.2) is 39.3 Å². The van der Waals surface area contributed by atoms with Crippen LogP contribution in [0.5, 0.6) is 0 Å². The third-order valence-electron chi connectivity index (χ3n) is 4.34. The number of aliphatic imine (C=N–C) groups is 1. The molecule has 3 rings (SSSR count). The lowest BCUT2D eigenvalue weighted by atomic mass is 10.1. The Bertz CT molecular complexity index is 897. The van der Waals surface area contributed by atoms with Crippen LogP contribution in [0, 0.1) is 0 Å². The highest BCUT2D eigenvalue weighted by atomic mass is 16.5. The van der Waals surface area contributed by atoms with Crippen LogP contribution in [0.15, 0.2) is 38.4 Å². The van der Waals surface area contributed by atoms with Crippen molar-refractivity contribution >= 4 is 5.96 Å². The predicted molar refractivity (Wildman–Crippen MR) is 109 cm³/mol. The van der Waals surface area contributed by atoms with Gasteiger partial charge in [0.05, 0.1) is 12.2 Å². The fourth-order valence-electron chi connectivity index (χ4n) is 2.86. The zero-order valence-electron chi connectivity index (χ0n) is 17.1. The number of hydrogen-bond donors (Lipinski definition) is 2. The van der Waals surface area contributed by atoms with E-state index in [-0.39, 0.29) is 0 Å². The van der Waals surface area contributed by atoms with Gasteiger partial charge in [-0.1, -0.05) is 30.2 Å². The van der Waals surface area contributed by atoms with Gasteiger partial charge in [0.1, 0.15) is 11.5 Å². The average Bonchev–Trinajstić information content (AvgIpc) is 3.39. The summed E-state index contributed by atoms with van der Waals surface area (Å²) in [5, 5.41) is 14.7. The molecule has 3 aromatic heterocycles. The van der Waals surface area contributed by atoms with Crippen LogP contribution in [0.1, 0.15) is 43.6 Å². The molecule has 0 radical (unpaired) electrons. The Balaban J connectivity index is 1.58. The van der Waals surface area contributed by atoms with E-state index in [2.05, 4.69) is 49.8 Å². The third-order valence-corrected chi connectivity index (χ3v) is 4.34. The zero-order chi connectivity index (χ0) is 20.5. The fraction of sp³-hybridized carbons (Fsp3) is 0.450. The smallest absolute Gasteiger partial charge is 0.276 e. The minimum atomic E-state index is 0.424. The number of hydrogen-bond acceptors (Lipinski definition) is 7. The number of pyridine rings is 1. The number of guanidine groups is 1. The molecule has 0 fully saturated rings. The molecule has 0 spiro atoms. The van der Waals surface area contributed by atoms with Crippen LogP contribution in [0.25, 0.3) is 11.6 Å². The van der Waals surface area contributed by atoms with Crippen molar-refractivity contribution in [1.82, 2.24) is 30.9 Å². The Morgan fingerprint density at radius 2 is 1.97 bits per heavy atom. The maximum absolute atomic E-state index is 5.41. The van der Waals surface area contributed by atoms with Gasteiger partial charge in [0, 0.05) is 37.7 Å². The summed E-state index contributed by atoms with van der Waals surface area (Å²) in [6, 6.07) is 5.57. The van der Waals surface area contributed by atoms with Crippen molar-refractivity contribution in [3.05, 3.63) is 47.2 Å². The van der Waals surface area contributed by atoms with E-state index in [4.69, 9.17) is 9.05 Å². The molecular weight excluding hydrogens is 370 g/mol. The highest BCUT2D eigenvalue weighted by Crippen LogP contribution is 2.17. The summed E-state index contributed by atoms with van der Waals surface area (Å²) in [5.41, 5.74) is 2.71. The molecule has 3 heterocycles. The van der Waals surface area contributed by atoms with Gasteiger partial charge in [-0.15, -0.1) is 0 Å². The van der Waals surface area contributed by atoms with E-state index >= 15 is 0 Å². The number of aryl methyl sites for hydroxylation is 2. The lowest BCUT2D eigenvalue weighted by molar-refractivity contribution is 0.380. The van der Waals surface area contributed by atoms with E-state index in [1.54, 1.807) is 6.20 Å². The Labute approximate surface area is 170 Å². The first-order valence-corrected chi connectivity index (χ1v) is 9.97. The van der Waals surface area contributed by atoms with Crippen molar-refractivity contribution in [2.75, 3.05) is 13.1 Å². The van der Waals surface area contributed by atoms with Crippen molar-refractivity contribution in [3.63, 3.8) is 0 Å². The van der Waals surface area contributed by atoms with Crippen LogP contribution in [0.3, 0.4) is 0 Å². The van der Waals surface area contributed by atoms with Crippen LogP contribution < -0.4 is 10.6 Å². The van der Waals surface area contributed by atoms with Gasteiger partial charge in [-0.25, -0.2) is 4.99 Å². The highest BCUT2D eigenvalue weighted by molar-refractivity contribution is 5.79. The third kappa shape index (κ3) is 5.40. The fourth-order valence-corrected chi connectivity index (χ4v) is 2.86. The lowest BCUT2D eigenvalue weighted by Crippen LogP contribution is -2.38. The summed E-state index contributed by atoms with van der Waals surface area (Å²) in [5.74, 6) is 2.67. The van der Waals surface area contributed by atoms with Gasteiger partial charge in [0.15, 0.2) is 11.8 Å². The molecule has 0 saturated heterocycles. The average molecular weight is 397 g/mol. The first-order chi connectivity index (χ1) is 14.2. The van der Waals surface area contributed by atoms with Gasteiger partial charge in [-0.2, -0.15) is 4.98 Å². The van der Waals surface area contributed by atoms with E-state index in [1.165, 1.54) is 0 Å². The summed E-state index contributed by atoms with van der Waals surface area (Å²) >= 11 is 0. The van der Waals surface area contributed by atoms with Crippen molar-refractivity contribution < 1.29 is 9.05 Å². The Morgan fingerprint density at radius 3 is 2.69 bits per heavy atom. The molecule has 0 amide bonds. The maximum atomic E-state index is 5.41. The lowest BCUT2D eigenvalue weighted by Gasteiger charge is -2.10. The summed E-state index contributed by atoms with van der Waals surface area (Å²) in [4.78, 5) is 13.3. The molecule has 0 bridgehead atoms. The molecule has 0 unspecified atom stereocenters. The quantitative estimate of drug-likeness (QED) is 0.418. The molecule has 0 aliphatic carbocycles. The van der Waals surface area contributed by atoms with E-state index in [1.807, 2.05) is 25.1 Å². The number of aromatic nitrogens is 4. The standard InChI is InChI=1S/C20H27N7O2/c1-4-15-14(17(5-2)28-26-15)13-24-20(21-6-3)23-12-10-18-25-19(29-27-18)16-9-7-8-11-22-16/h7-9,11H,4-6,10,12-13H2,1-3H3,(H2,21,23,24). The molecule has 0 aliphatic heterocycles. The minimum Gasteiger partial charge on any atom is -0.361 e. The molecule has 29 heavy (non-hydrogen) atoms. The first-order valence-electron chi connectivity index (χ1n) is 9.97. The first kappa shape index (κ1) is 20.5. The van der Waals surface area contributed by atoms with Gasteiger partial charge >= 0.3 is 0 Å². The van der Waals surface area contributed by atoms with Gasteiger partial charge in [-0.3, -0.25) is 4.98 Å². The Morgan fingerprint density at radius 1 is 1.07 bits per heavy atom. The van der Waals surface area contributed by atoms with E-state index in [9.17, 15) is 0 Å². The van der Waals surface area contributed by atoms with Crippen LogP contribution >= 0.6 is 0 Å². The molecule has 0 saturated carbocycles. The molecule has 0 atom stereocenters. The summed E-state index contributed by atoms with van der Waals surface area (Å²) in [6.45, 7) is 8.07. The summed E-state index contributed by atoms with van der Waals surface area (Å²) in [6.07, 6.45) is 3.94. The van der Waals surface area contributed by atoms with E-state index in [0.29, 0.717) is 36.9 Å². The van der Waals surface area contributed by atoms with Crippen molar-refractivity contribution in [1.29, 1.82) is 0 Å². The maximum Gasteiger partial charge on any atom is 0.276 e. The molecule has 2 N–H and O–H groups in total. The minimum absolute atomic E-state index is 0.424. The second-order valence-corrected chi connectivity index (χ2v) is 6.34. The summed E-state index contributed by atoms with van der Waals surface area (Å²) < 4.78 is 10.7. The molecule has 154 valence electrons. The van der Waals surface area contributed by atoms with Crippen molar-refractivity contribution in [2.45, 2.75) is 46.6 Å². The van der Waals surface area contributed by atoms with E-state index in [0.717, 1.165) is 42.4 Å². The largest absolute Gasteiger partial charge is 0.361 e. The van der Waals surface area contributed by atoms with Crippen LogP contribution in [0.4, 0.5) is 0 Å². The van der Waals surface area contributed by atoms with Gasteiger partial charge in [0.25, 0.3) is 5.89 Å². The molecule has 0 aliphatic rings. The Hall–Kier alpha value is -3.23. The van der Waals surface area contributed by atoms with Crippen molar-refractivity contribution in [2.24, 2.45) is 4.99 Å². The molecule has 3 aromatic rings.